The Labute approximate surface area is 224 Å². The third-order valence-corrected chi connectivity index (χ3v) is 5.40. The first-order valence-electron chi connectivity index (χ1n) is 12.3. The zero-order chi connectivity index (χ0) is 28.4. The van der Waals surface area contributed by atoms with E-state index in [0.717, 1.165) is 38.1 Å². The molecule has 4 N–H and O–H groups in total. The average Bonchev–Trinajstić information content (AvgIpc) is 2.94. The predicted molar refractivity (Wildman–Crippen MR) is 146 cm³/mol. The van der Waals surface area contributed by atoms with E-state index in [-0.39, 0.29) is 17.5 Å². The lowest BCUT2D eigenvalue weighted by atomic mass is 10.2. The topological polar surface area (TPSA) is 116 Å². The molecule has 0 spiro atoms. The quantitative estimate of drug-likeness (QED) is 0.293. The number of piperazine rings is 1. The fourth-order valence-corrected chi connectivity index (χ4v) is 3.62. The van der Waals surface area contributed by atoms with Gasteiger partial charge in [0, 0.05) is 43.8 Å². The molecule has 1 aliphatic heterocycles. The Balaban J connectivity index is 0.00000205. The number of alkyl halides is 3. The largest absolute Gasteiger partial charge is 0.479 e. The van der Waals surface area contributed by atoms with Crippen molar-refractivity contribution in [3.05, 3.63) is 60.8 Å². The van der Waals surface area contributed by atoms with Gasteiger partial charge in [0.15, 0.2) is 0 Å². The lowest BCUT2D eigenvalue weighted by Gasteiger charge is -2.28. The second-order valence-corrected chi connectivity index (χ2v) is 7.94. The molecule has 1 saturated heterocycles. The van der Waals surface area contributed by atoms with E-state index in [1.807, 2.05) is 13.8 Å². The minimum Gasteiger partial charge on any atom is -0.479 e. The van der Waals surface area contributed by atoms with Crippen molar-refractivity contribution in [3.63, 3.8) is 0 Å². The smallest absolute Gasteiger partial charge is 0.421 e. The van der Waals surface area contributed by atoms with Crippen LogP contribution >= 0.6 is 0 Å². The molecule has 2 aromatic heterocycles. The molecular formula is C26H31F3N8O2. The van der Waals surface area contributed by atoms with E-state index < -0.39 is 23.5 Å². The minimum absolute atomic E-state index is 0.0957. The van der Waals surface area contributed by atoms with Crippen LogP contribution in [0.15, 0.2) is 55.3 Å². The lowest BCUT2D eigenvalue weighted by molar-refractivity contribution is -0.137. The van der Waals surface area contributed by atoms with E-state index in [0.29, 0.717) is 17.6 Å². The number of carbonyl (C=O) groups excluding carboxylic acids is 1. The number of benzene rings is 1. The molecule has 4 rings (SSSR count). The maximum absolute atomic E-state index is 13.7. The molecule has 1 fully saturated rings. The van der Waals surface area contributed by atoms with Crippen molar-refractivity contribution in [1.82, 2.24) is 20.3 Å². The molecule has 0 saturated carbocycles. The maximum Gasteiger partial charge on any atom is 0.421 e. The molecule has 13 heteroatoms. The van der Waals surface area contributed by atoms with Gasteiger partial charge in [-0.25, -0.2) is 4.98 Å². The number of nitrogens with zero attached hydrogens (tertiary/aromatic N) is 4. The van der Waals surface area contributed by atoms with Crippen LogP contribution in [-0.4, -0.2) is 54.1 Å². The summed E-state index contributed by atoms with van der Waals surface area (Å²) in [6.45, 7) is 10.6. The third kappa shape index (κ3) is 7.80. The summed E-state index contributed by atoms with van der Waals surface area (Å²) in [7, 11) is 1.45. The molecule has 3 aromatic rings. The molecular weight excluding hydrogens is 513 g/mol. The van der Waals surface area contributed by atoms with Gasteiger partial charge in [0.25, 0.3) is 0 Å². The first-order valence-corrected chi connectivity index (χ1v) is 12.3. The van der Waals surface area contributed by atoms with Crippen LogP contribution in [0, 0.1) is 0 Å². The zero-order valence-electron chi connectivity index (χ0n) is 21.9. The number of methoxy groups -OCH3 is 1. The summed E-state index contributed by atoms with van der Waals surface area (Å²) < 4.78 is 46.5. The van der Waals surface area contributed by atoms with E-state index >= 15 is 0 Å². The van der Waals surface area contributed by atoms with Gasteiger partial charge < -0.3 is 30.9 Å². The number of carbonyl (C=O) groups is 1. The van der Waals surface area contributed by atoms with E-state index in [4.69, 9.17) is 4.74 Å². The SMILES string of the molecule is C=CC(=O)Nc1cccc(Nc2nc(Nc3ccc(N4CCNCC4)nc3OC)ncc2C(F)(F)F)c1.CC. The Kier molecular flexibility index (Phi) is 10.0. The normalized spacial score (nSPS) is 13.0. The van der Waals surface area contributed by atoms with Gasteiger partial charge in [-0.15, -0.1) is 0 Å². The lowest BCUT2D eigenvalue weighted by Crippen LogP contribution is -2.43. The third-order valence-electron chi connectivity index (χ3n) is 5.40. The van der Waals surface area contributed by atoms with Crippen molar-refractivity contribution in [1.29, 1.82) is 0 Å². The Morgan fingerprint density at radius 3 is 2.49 bits per heavy atom. The van der Waals surface area contributed by atoms with Crippen molar-refractivity contribution in [3.8, 4) is 5.88 Å². The van der Waals surface area contributed by atoms with Gasteiger partial charge in [0.05, 0.1) is 7.11 Å². The Bertz CT molecular complexity index is 1280. The number of hydrogen-bond acceptors (Lipinski definition) is 9. The van der Waals surface area contributed by atoms with Gasteiger partial charge in [-0.05, 0) is 36.4 Å². The van der Waals surface area contributed by atoms with E-state index in [9.17, 15) is 18.0 Å². The molecule has 1 amide bonds. The number of halogens is 3. The Morgan fingerprint density at radius 2 is 1.82 bits per heavy atom. The Hall–Kier alpha value is -4.39. The van der Waals surface area contributed by atoms with Crippen LogP contribution in [-0.2, 0) is 11.0 Å². The van der Waals surface area contributed by atoms with E-state index in [2.05, 4.69) is 47.7 Å². The molecule has 10 nitrogen and oxygen atoms in total. The molecule has 0 atom stereocenters. The van der Waals surface area contributed by atoms with Crippen molar-refractivity contribution in [2.45, 2.75) is 20.0 Å². The molecule has 0 radical (unpaired) electrons. The molecule has 3 heterocycles. The number of pyridine rings is 1. The molecule has 1 aliphatic rings. The summed E-state index contributed by atoms with van der Waals surface area (Å²) in [5, 5.41) is 11.4. The van der Waals surface area contributed by atoms with Crippen molar-refractivity contribution in [2.24, 2.45) is 0 Å². The molecule has 39 heavy (non-hydrogen) atoms. The highest BCUT2D eigenvalue weighted by atomic mass is 19.4. The standard InChI is InChI=1S/C24H25F3N8O2.C2H6/c1-3-20(36)30-15-5-4-6-16(13-15)31-21-17(24(25,26)27)14-29-23(34-21)32-18-7-8-19(33-22(18)37-2)35-11-9-28-10-12-35;1-2/h3-8,13-14,28H,1,9-12H2,2H3,(H,30,36)(H2,29,31,32,34);1-2H3. The van der Waals surface area contributed by atoms with Crippen LogP contribution < -0.4 is 30.9 Å². The predicted octanol–water partition coefficient (Wildman–Crippen LogP) is 4.95. The minimum atomic E-state index is -4.71. The number of amides is 1. The number of rotatable bonds is 8. The molecule has 1 aromatic carbocycles. The first kappa shape index (κ1) is 29.2. The van der Waals surface area contributed by atoms with Crippen LogP contribution in [0.1, 0.15) is 19.4 Å². The van der Waals surface area contributed by atoms with Gasteiger partial charge in [-0.2, -0.15) is 23.1 Å². The van der Waals surface area contributed by atoms with Crippen LogP contribution in [0.4, 0.5) is 47.8 Å². The fraction of sp³-hybridized carbons (Fsp3) is 0.308. The monoisotopic (exact) mass is 544 g/mol. The number of nitrogens with one attached hydrogen (secondary N) is 4. The molecule has 0 aliphatic carbocycles. The zero-order valence-corrected chi connectivity index (χ0v) is 21.9. The van der Waals surface area contributed by atoms with Gasteiger partial charge in [-0.3, -0.25) is 4.79 Å². The summed E-state index contributed by atoms with van der Waals surface area (Å²) >= 11 is 0. The molecule has 0 unspecified atom stereocenters. The average molecular weight is 545 g/mol. The van der Waals surface area contributed by atoms with Crippen molar-refractivity contribution >= 4 is 40.6 Å². The highest BCUT2D eigenvalue weighted by molar-refractivity contribution is 5.99. The van der Waals surface area contributed by atoms with E-state index in [1.165, 1.54) is 13.2 Å². The molecule has 0 bridgehead atoms. The van der Waals surface area contributed by atoms with Gasteiger partial charge >= 0.3 is 6.18 Å². The highest BCUT2D eigenvalue weighted by Crippen LogP contribution is 2.36. The number of ether oxygens (including phenoxy) is 1. The highest BCUT2D eigenvalue weighted by Gasteiger charge is 2.35. The van der Waals surface area contributed by atoms with Gasteiger partial charge in [0.1, 0.15) is 22.9 Å². The van der Waals surface area contributed by atoms with Crippen molar-refractivity contribution < 1.29 is 22.7 Å². The summed E-state index contributed by atoms with van der Waals surface area (Å²) in [6, 6.07) is 9.68. The number of anilines is 6. The summed E-state index contributed by atoms with van der Waals surface area (Å²) in [6.07, 6.45) is -2.93. The van der Waals surface area contributed by atoms with E-state index in [1.54, 1.807) is 30.3 Å². The number of hydrogen-bond donors (Lipinski definition) is 4. The molecule has 208 valence electrons. The van der Waals surface area contributed by atoms with Crippen LogP contribution in [0.2, 0.25) is 0 Å². The first-order chi connectivity index (χ1) is 18.8. The second kappa shape index (κ2) is 13.4. The van der Waals surface area contributed by atoms with Crippen LogP contribution in [0.5, 0.6) is 5.88 Å². The van der Waals surface area contributed by atoms with Crippen LogP contribution in [0.25, 0.3) is 0 Å². The van der Waals surface area contributed by atoms with Crippen molar-refractivity contribution in [2.75, 3.05) is 54.1 Å². The second-order valence-electron chi connectivity index (χ2n) is 7.94. The summed E-state index contributed by atoms with van der Waals surface area (Å²) in [5.41, 5.74) is -0.0214. The summed E-state index contributed by atoms with van der Waals surface area (Å²) in [4.78, 5) is 26.1. The van der Waals surface area contributed by atoms with Gasteiger partial charge in [-0.1, -0.05) is 26.5 Å². The van der Waals surface area contributed by atoms with Gasteiger partial charge in [0.2, 0.25) is 17.7 Å². The fourth-order valence-electron chi connectivity index (χ4n) is 3.62. The summed E-state index contributed by atoms with van der Waals surface area (Å²) in [5.74, 6) is -0.0434. The van der Waals surface area contributed by atoms with Crippen LogP contribution in [0.3, 0.4) is 0 Å². The number of aromatic nitrogens is 3. The Morgan fingerprint density at radius 1 is 1.10 bits per heavy atom. The maximum atomic E-state index is 13.7.